The summed E-state index contributed by atoms with van der Waals surface area (Å²) in [4.78, 5) is 0. The molecule has 1 unspecified atom stereocenters. The first-order valence-corrected chi connectivity index (χ1v) is 8.49. The number of anilines is 1. The van der Waals surface area contributed by atoms with E-state index in [0.717, 1.165) is 25.1 Å². The van der Waals surface area contributed by atoms with Gasteiger partial charge in [0.15, 0.2) is 0 Å². The highest BCUT2D eigenvalue weighted by Gasteiger charge is 2.25. The highest BCUT2D eigenvalue weighted by Crippen LogP contribution is 2.25. The van der Waals surface area contributed by atoms with Crippen molar-refractivity contribution in [3.63, 3.8) is 0 Å². The highest BCUT2D eigenvalue weighted by atomic mass is 32.2. The van der Waals surface area contributed by atoms with E-state index >= 15 is 0 Å². The van der Waals surface area contributed by atoms with Gasteiger partial charge >= 0.3 is 0 Å². The summed E-state index contributed by atoms with van der Waals surface area (Å²) in [5, 5.41) is 3.35. The molecule has 1 aromatic rings. The standard InChI is InChI=1S/C14H22N2O2S/c1-3-15-12(2)13-6-8-14(9-7-13)16-10-4-5-11-19(16,17)18/h6-9,12,15H,3-5,10-11H2,1-2H3. The lowest BCUT2D eigenvalue weighted by Gasteiger charge is -2.28. The van der Waals surface area contributed by atoms with Crippen molar-refractivity contribution in [1.82, 2.24) is 5.32 Å². The molecule has 0 radical (unpaired) electrons. The molecule has 4 nitrogen and oxygen atoms in total. The highest BCUT2D eigenvalue weighted by molar-refractivity contribution is 7.92. The molecule has 0 aliphatic carbocycles. The molecular formula is C14H22N2O2S. The van der Waals surface area contributed by atoms with Crippen molar-refractivity contribution in [1.29, 1.82) is 0 Å². The van der Waals surface area contributed by atoms with Gasteiger partial charge < -0.3 is 5.32 Å². The Balaban J connectivity index is 2.18. The zero-order chi connectivity index (χ0) is 13.9. The molecule has 1 N–H and O–H groups in total. The first-order chi connectivity index (χ1) is 9.04. The molecule has 19 heavy (non-hydrogen) atoms. The first kappa shape index (κ1) is 14.3. The Kier molecular flexibility index (Phi) is 4.47. The van der Waals surface area contributed by atoms with Crippen molar-refractivity contribution >= 4 is 15.7 Å². The summed E-state index contributed by atoms with van der Waals surface area (Å²) in [5.74, 6) is 0.266. The van der Waals surface area contributed by atoms with E-state index in [9.17, 15) is 8.42 Å². The number of nitrogens with zero attached hydrogens (tertiary/aromatic N) is 1. The van der Waals surface area contributed by atoms with Gasteiger partial charge in [-0.2, -0.15) is 0 Å². The third-order valence-corrected chi connectivity index (χ3v) is 5.41. The van der Waals surface area contributed by atoms with E-state index in [2.05, 4.69) is 19.2 Å². The summed E-state index contributed by atoms with van der Waals surface area (Å²) >= 11 is 0. The topological polar surface area (TPSA) is 49.4 Å². The molecular weight excluding hydrogens is 260 g/mol. The second-order valence-electron chi connectivity index (χ2n) is 4.97. The Morgan fingerprint density at radius 1 is 1.26 bits per heavy atom. The lowest BCUT2D eigenvalue weighted by atomic mass is 10.1. The van der Waals surface area contributed by atoms with Crippen LogP contribution in [0.25, 0.3) is 0 Å². The Bertz CT molecular complexity index is 511. The minimum Gasteiger partial charge on any atom is -0.310 e. The molecule has 0 spiro atoms. The summed E-state index contributed by atoms with van der Waals surface area (Å²) < 4.78 is 25.6. The van der Waals surface area contributed by atoms with E-state index in [4.69, 9.17) is 0 Å². The molecule has 0 aromatic heterocycles. The van der Waals surface area contributed by atoms with Crippen LogP contribution in [0.4, 0.5) is 5.69 Å². The molecule has 1 aromatic carbocycles. The monoisotopic (exact) mass is 282 g/mol. The van der Waals surface area contributed by atoms with Gasteiger partial charge in [-0.15, -0.1) is 0 Å². The molecule has 1 aliphatic heterocycles. The number of sulfonamides is 1. The van der Waals surface area contributed by atoms with E-state index in [1.54, 1.807) is 0 Å². The molecule has 106 valence electrons. The number of benzene rings is 1. The Morgan fingerprint density at radius 3 is 2.53 bits per heavy atom. The summed E-state index contributed by atoms with van der Waals surface area (Å²) in [5.41, 5.74) is 1.96. The zero-order valence-electron chi connectivity index (χ0n) is 11.6. The Labute approximate surface area is 115 Å². The van der Waals surface area contributed by atoms with Gasteiger partial charge in [-0.05, 0) is 44.0 Å². The maximum Gasteiger partial charge on any atom is 0.235 e. The van der Waals surface area contributed by atoms with Crippen LogP contribution in [0.1, 0.15) is 38.3 Å². The fraction of sp³-hybridized carbons (Fsp3) is 0.571. The minimum absolute atomic E-state index is 0.266. The van der Waals surface area contributed by atoms with Crippen molar-refractivity contribution in [2.24, 2.45) is 0 Å². The van der Waals surface area contributed by atoms with Crippen LogP contribution < -0.4 is 9.62 Å². The maximum atomic E-state index is 12.0. The molecule has 0 bridgehead atoms. The van der Waals surface area contributed by atoms with Crippen LogP contribution in [-0.4, -0.2) is 27.3 Å². The number of hydrogen-bond donors (Lipinski definition) is 1. The number of rotatable bonds is 4. The van der Waals surface area contributed by atoms with E-state index in [-0.39, 0.29) is 11.8 Å². The van der Waals surface area contributed by atoms with Crippen LogP contribution in [0.2, 0.25) is 0 Å². The molecule has 1 atom stereocenters. The third kappa shape index (κ3) is 3.28. The predicted molar refractivity (Wildman–Crippen MR) is 78.9 cm³/mol. The van der Waals surface area contributed by atoms with Gasteiger partial charge in [0.05, 0.1) is 11.4 Å². The van der Waals surface area contributed by atoms with E-state index in [1.807, 2.05) is 24.3 Å². The van der Waals surface area contributed by atoms with Gasteiger partial charge in [-0.3, -0.25) is 4.31 Å². The van der Waals surface area contributed by atoms with Gasteiger partial charge in [-0.1, -0.05) is 19.1 Å². The van der Waals surface area contributed by atoms with Crippen LogP contribution >= 0.6 is 0 Å². The average Bonchev–Trinajstić information content (AvgIpc) is 2.39. The largest absolute Gasteiger partial charge is 0.310 e. The zero-order valence-corrected chi connectivity index (χ0v) is 12.4. The number of nitrogens with one attached hydrogen (secondary N) is 1. The SMILES string of the molecule is CCNC(C)c1ccc(N2CCCCS2(=O)=O)cc1. The smallest absolute Gasteiger partial charge is 0.235 e. The van der Waals surface area contributed by atoms with Gasteiger partial charge in [0.25, 0.3) is 0 Å². The quantitative estimate of drug-likeness (QED) is 0.922. The first-order valence-electron chi connectivity index (χ1n) is 6.88. The van der Waals surface area contributed by atoms with Crippen molar-refractivity contribution in [2.75, 3.05) is 23.1 Å². The van der Waals surface area contributed by atoms with Gasteiger partial charge in [0, 0.05) is 12.6 Å². The molecule has 1 aliphatic rings. The van der Waals surface area contributed by atoms with Crippen LogP contribution in [0, 0.1) is 0 Å². The van der Waals surface area contributed by atoms with Gasteiger partial charge in [0.2, 0.25) is 10.0 Å². The minimum atomic E-state index is -3.10. The van der Waals surface area contributed by atoms with Crippen LogP contribution in [0.5, 0.6) is 0 Å². The summed E-state index contributed by atoms with van der Waals surface area (Å²) in [6.45, 7) is 5.70. The number of hydrogen-bond acceptors (Lipinski definition) is 3. The van der Waals surface area contributed by atoms with Crippen molar-refractivity contribution < 1.29 is 8.42 Å². The molecule has 0 saturated carbocycles. The average molecular weight is 282 g/mol. The van der Waals surface area contributed by atoms with Crippen LogP contribution in [0.3, 0.4) is 0 Å². The summed E-state index contributed by atoms with van der Waals surface area (Å²) in [6.07, 6.45) is 1.71. The second-order valence-corrected chi connectivity index (χ2v) is 6.98. The lowest BCUT2D eigenvalue weighted by molar-refractivity contribution is 0.574. The second kappa shape index (κ2) is 5.92. The summed E-state index contributed by atoms with van der Waals surface area (Å²) in [7, 11) is -3.10. The Morgan fingerprint density at radius 2 is 1.95 bits per heavy atom. The molecule has 2 rings (SSSR count). The lowest BCUT2D eigenvalue weighted by Crippen LogP contribution is -2.37. The third-order valence-electron chi connectivity index (χ3n) is 3.54. The van der Waals surface area contributed by atoms with Crippen molar-refractivity contribution in [2.45, 2.75) is 32.7 Å². The molecule has 1 saturated heterocycles. The van der Waals surface area contributed by atoms with E-state index < -0.39 is 10.0 Å². The fourth-order valence-corrected chi connectivity index (χ4v) is 4.07. The van der Waals surface area contributed by atoms with E-state index in [1.165, 1.54) is 9.87 Å². The molecule has 0 amide bonds. The molecule has 1 fully saturated rings. The molecule has 1 heterocycles. The van der Waals surface area contributed by atoms with Gasteiger partial charge in [0.1, 0.15) is 0 Å². The van der Waals surface area contributed by atoms with Crippen molar-refractivity contribution in [3.8, 4) is 0 Å². The normalized spacial score (nSPS) is 20.2. The Hall–Kier alpha value is -1.07. The maximum absolute atomic E-state index is 12.0. The van der Waals surface area contributed by atoms with Crippen molar-refractivity contribution in [3.05, 3.63) is 29.8 Å². The predicted octanol–water partition coefficient (Wildman–Crippen LogP) is 2.29. The fourth-order valence-electron chi connectivity index (χ4n) is 2.43. The van der Waals surface area contributed by atoms with Crippen LogP contribution in [-0.2, 0) is 10.0 Å². The van der Waals surface area contributed by atoms with Crippen LogP contribution in [0.15, 0.2) is 24.3 Å². The van der Waals surface area contributed by atoms with E-state index in [0.29, 0.717) is 6.54 Å². The summed E-state index contributed by atoms with van der Waals surface area (Å²) in [6, 6.07) is 8.12. The van der Waals surface area contributed by atoms with Gasteiger partial charge in [-0.25, -0.2) is 8.42 Å². The molecule has 5 heteroatoms.